The molecule has 5 nitrogen and oxygen atoms in total. The molecule has 0 saturated carbocycles. The number of amides is 1. The molecule has 0 atom stereocenters. The van der Waals surface area contributed by atoms with Crippen LogP contribution in [0.15, 0.2) is 65.6 Å². The second-order valence-corrected chi connectivity index (χ2v) is 6.27. The number of para-hydroxylation sites is 1. The molecule has 0 aromatic heterocycles. The number of carbonyl (C=O) groups is 1. The lowest BCUT2D eigenvalue weighted by atomic mass is 10.2. The third-order valence-electron chi connectivity index (χ3n) is 2.92. The van der Waals surface area contributed by atoms with Crippen molar-refractivity contribution in [1.29, 1.82) is 0 Å². The molecule has 2 aromatic rings. The molecule has 0 spiro atoms. The Kier molecular flexibility index (Phi) is 5.54. The van der Waals surface area contributed by atoms with Gasteiger partial charge in [0, 0.05) is 11.6 Å². The lowest BCUT2D eigenvalue weighted by molar-refractivity contribution is -0.114. The Morgan fingerprint density at radius 1 is 1.09 bits per heavy atom. The maximum atomic E-state index is 12.0. The molecular weight excluding hydrogens is 314 g/mol. The number of nitrogens with one attached hydrogen (secondary N) is 1. The number of hydrogen-bond acceptors (Lipinski definition) is 4. The van der Waals surface area contributed by atoms with Gasteiger partial charge >= 0.3 is 0 Å². The van der Waals surface area contributed by atoms with Crippen LogP contribution in [0.2, 0.25) is 0 Å². The Balaban J connectivity index is 2.11. The molecule has 0 unspecified atom stereocenters. The molecule has 0 aliphatic heterocycles. The van der Waals surface area contributed by atoms with Crippen molar-refractivity contribution in [2.45, 2.75) is 11.8 Å². The Labute approximate surface area is 135 Å². The average Bonchev–Trinajstić information content (AvgIpc) is 2.55. The van der Waals surface area contributed by atoms with Gasteiger partial charge in [-0.05, 0) is 31.2 Å². The third kappa shape index (κ3) is 4.69. The molecular formula is C17H17NO4S. The fourth-order valence-corrected chi connectivity index (χ4v) is 2.86. The van der Waals surface area contributed by atoms with Gasteiger partial charge in [-0.1, -0.05) is 36.4 Å². The first-order chi connectivity index (χ1) is 11.0. The van der Waals surface area contributed by atoms with Crippen LogP contribution in [0.1, 0.15) is 12.5 Å². The smallest absolute Gasteiger partial charge is 0.264 e. The average molecular weight is 331 g/mol. The van der Waals surface area contributed by atoms with Crippen LogP contribution < -0.4 is 9.46 Å². The van der Waals surface area contributed by atoms with Crippen LogP contribution in [0.5, 0.6) is 5.75 Å². The first-order valence-corrected chi connectivity index (χ1v) is 8.53. The van der Waals surface area contributed by atoms with Gasteiger partial charge < -0.3 is 4.74 Å². The molecule has 0 saturated heterocycles. The Hall–Kier alpha value is -2.60. The summed E-state index contributed by atoms with van der Waals surface area (Å²) in [5.41, 5.74) is 0.696. The van der Waals surface area contributed by atoms with E-state index in [0.717, 1.165) is 0 Å². The molecule has 2 aromatic carbocycles. The fraction of sp³-hybridized carbons (Fsp3) is 0.118. The predicted molar refractivity (Wildman–Crippen MR) is 88.4 cm³/mol. The van der Waals surface area contributed by atoms with Crippen LogP contribution in [0.25, 0.3) is 6.08 Å². The van der Waals surface area contributed by atoms with Crippen LogP contribution in [-0.4, -0.2) is 20.9 Å². The van der Waals surface area contributed by atoms with Crippen LogP contribution in [-0.2, 0) is 14.8 Å². The highest BCUT2D eigenvalue weighted by molar-refractivity contribution is 7.90. The minimum absolute atomic E-state index is 0.0384. The van der Waals surface area contributed by atoms with Gasteiger partial charge in [0.15, 0.2) is 0 Å². The van der Waals surface area contributed by atoms with Crippen molar-refractivity contribution < 1.29 is 17.9 Å². The second-order valence-electron chi connectivity index (χ2n) is 4.59. The molecule has 1 amide bonds. The van der Waals surface area contributed by atoms with Crippen molar-refractivity contribution >= 4 is 22.0 Å². The summed E-state index contributed by atoms with van der Waals surface area (Å²) in [4.78, 5) is 11.9. The molecule has 0 bridgehead atoms. The standard InChI is InChI=1S/C17H17NO4S/c1-2-22-16-11-7-6-8-14(16)12-13-17(19)18-23(20,21)15-9-4-3-5-10-15/h3-13H,2H2,1H3,(H,18,19)/b13-12+. The van der Waals surface area contributed by atoms with Crippen molar-refractivity contribution in [2.24, 2.45) is 0 Å². The lowest BCUT2D eigenvalue weighted by Gasteiger charge is -2.06. The van der Waals surface area contributed by atoms with Gasteiger partial charge in [0.1, 0.15) is 5.75 Å². The van der Waals surface area contributed by atoms with Crippen molar-refractivity contribution in [2.75, 3.05) is 6.61 Å². The predicted octanol–water partition coefficient (Wildman–Crippen LogP) is 2.60. The van der Waals surface area contributed by atoms with Crippen LogP contribution in [0.3, 0.4) is 0 Å². The third-order valence-corrected chi connectivity index (χ3v) is 4.28. The number of rotatable bonds is 6. The molecule has 120 valence electrons. The number of benzene rings is 2. The van der Waals surface area contributed by atoms with Gasteiger partial charge in [0.2, 0.25) is 0 Å². The summed E-state index contributed by atoms with van der Waals surface area (Å²) in [5.74, 6) is -0.0925. The molecule has 23 heavy (non-hydrogen) atoms. The molecule has 1 N–H and O–H groups in total. The second kappa shape index (κ2) is 7.60. The Morgan fingerprint density at radius 3 is 2.43 bits per heavy atom. The van der Waals surface area contributed by atoms with E-state index in [0.29, 0.717) is 17.9 Å². The highest BCUT2D eigenvalue weighted by atomic mass is 32.2. The van der Waals surface area contributed by atoms with Gasteiger partial charge in [-0.15, -0.1) is 0 Å². The molecule has 6 heteroatoms. The van der Waals surface area contributed by atoms with Gasteiger partial charge in [-0.2, -0.15) is 0 Å². The highest BCUT2D eigenvalue weighted by Crippen LogP contribution is 2.19. The lowest BCUT2D eigenvalue weighted by Crippen LogP contribution is -2.28. The van der Waals surface area contributed by atoms with E-state index in [2.05, 4.69) is 0 Å². The minimum atomic E-state index is -3.87. The quantitative estimate of drug-likeness (QED) is 0.826. The maximum Gasteiger partial charge on any atom is 0.264 e. The summed E-state index contributed by atoms with van der Waals surface area (Å²) in [6.45, 7) is 2.36. The van der Waals surface area contributed by atoms with Crippen molar-refractivity contribution in [3.8, 4) is 5.75 Å². The monoisotopic (exact) mass is 331 g/mol. The van der Waals surface area contributed by atoms with Gasteiger partial charge in [-0.3, -0.25) is 4.79 Å². The molecule has 2 rings (SSSR count). The van der Waals surface area contributed by atoms with Crippen LogP contribution in [0, 0.1) is 0 Å². The molecule has 0 aliphatic rings. The highest BCUT2D eigenvalue weighted by Gasteiger charge is 2.15. The van der Waals surface area contributed by atoms with Crippen molar-refractivity contribution in [1.82, 2.24) is 4.72 Å². The Bertz CT molecular complexity index is 798. The molecule has 0 heterocycles. The van der Waals surface area contributed by atoms with E-state index in [1.165, 1.54) is 24.3 Å². The van der Waals surface area contributed by atoms with Crippen LogP contribution >= 0.6 is 0 Å². The SMILES string of the molecule is CCOc1ccccc1/C=C/C(=O)NS(=O)(=O)c1ccccc1. The van der Waals surface area contributed by atoms with E-state index < -0.39 is 15.9 Å². The topological polar surface area (TPSA) is 72.5 Å². The van der Waals surface area contributed by atoms with Crippen molar-refractivity contribution in [3.05, 3.63) is 66.2 Å². The zero-order valence-electron chi connectivity index (χ0n) is 12.6. The summed E-state index contributed by atoms with van der Waals surface area (Å²) in [5, 5.41) is 0. The summed E-state index contributed by atoms with van der Waals surface area (Å²) in [6.07, 6.45) is 2.68. The Morgan fingerprint density at radius 2 is 1.74 bits per heavy atom. The number of sulfonamides is 1. The zero-order chi connectivity index (χ0) is 16.7. The number of carbonyl (C=O) groups excluding carboxylic acids is 1. The summed E-state index contributed by atoms with van der Waals surface area (Å²) in [7, 11) is -3.87. The summed E-state index contributed by atoms with van der Waals surface area (Å²) >= 11 is 0. The first kappa shape index (κ1) is 16.8. The maximum absolute atomic E-state index is 12.0. The van der Waals surface area contributed by atoms with E-state index in [1.54, 1.807) is 36.4 Å². The van der Waals surface area contributed by atoms with E-state index in [1.807, 2.05) is 17.7 Å². The fourth-order valence-electron chi connectivity index (χ4n) is 1.90. The van der Waals surface area contributed by atoms with Gasteiger partial charge in [0.25, 0.3) is 15.9 Å². The largest absolute Gasteiger partial charge is 0.493 e. The van der Waals surface area contributed by atoms with E-state index in [-0.39, 0.29) is 4.90 Å². The van der Waals surface area contributed by atoms with Crippen LogP contribution in [0.4, 0.5) is 0 Å². The first-order valence-electron chi connectivity index (χ1n) is 7.04. The van der Waals surface area contributed by atoms with Crippen molar-refractivity contribution in [3.63, 3.8) is 0 Å². The molecule has 0 fully saturated rings. The molecule has 0 aliphatic carbocycles. The minimum Gasteiger partial charge on any atom is -0.493 e. The number of ether oxygens (including phenoxy) is 1. The van der Waals surface area contributed by atoms with Gasteiger partial charge in [-0.25, -0.2) is 13.1 Å². The van der Waals surface area contributed by atoms with E-state index in [9.17, 15) is 13.2 Å². The summed E-state index contributed by atoms with van der Waals surface area (Å²) < 4.78 is 31.5. The molecule has 0 radical (unpaired) electrons. The van der Waals surface area contributed by atoms with E-state index in [4.69, 9.17) is 4.74 Å². The number of hydrogen-bond donors (Lipinski definition) is 1. The normalized spacial score (nSPS) is 11.3. The summed E-state index contributed by atoms with van der Waals surface area (Å²) in [6, 6.07) is 14.9. The van der Waals surface area contributed by atoms with Gasteiger partial charge in [0.05, 0.1) is 11.5 Å². The van der Waals surface area contributed by atoms with E-state index >= 15 is 0 Å². The zero-order valence-corrected chi connectivity index (χ0v) is 13.4.